The third kappa shape index (κ3) is 3.28. The third-order valence-electron chi connectivity index (χ3n) is 3.18. The minimum Gasteiger partial charge on any atom is -0.469 e. The number of hydrogen-bond acceptors (Lipinski definition) is 6. The second-order valence-corrected chi connectivity index (χ2v) is 5.28. The Hall–Kier alpha value is -0.980. The second kappa shape index (κ2) is 6.26. The first-order chi connectivity index (χ1) is 8.70. The zero-order chi connectivity index (χ0) is 13.0. The Labute approximate surface area is 111 Å². The molecule has 18 heavy (non-hydrogen) atoms. The minimum absolute atomic E-state index is 0.235. The van der Waals surface area contributed by atoms with Gasteiger partial charge in [0.1, 0.15) is 5.01 Å². The Morgan fingerprint density at radius 1 is 1.61 bits per heavy atom. The number of nitrogens with one attached hydrogen (secondary N) is 1. The number of esters is 1. The molecule has 0 spiro atoms. The zero-order valence-corrected chi connectivity index (χ0v) is 11.6. The molecule has 1 N–H and O–H groups in total. The van der Waals surface area contributed by atoms with Gasteiger partial charge in [0.05, 0.1) is 25.3 Å². The molecule has 0 bridgehead atoms. The highest BCUT2D eigenvalue weighted by Gasteiger charge is 2.20. The fourth-order valence-electron chi connectivity index (χ4n) is 2.04. The summed E-state index contributed by atoms with van der Waals surface area (Å²) >= 11 is 1.62. The molecule has 1 aliphatic heterocycles. The fourth-order valence-corrected chi connectivity index (χ4v) is 2.95. The number of ether oxygens (including phenoxy) is 1. The molecule has 1 saturated heterocycles. The first-order valence-corrected chi connectivity index (χ1v) is 7.04. The lowest BCUT2D eigenvalue weighted by Gasteiger charge is -2.31. The van der Waals surface area contributed by atoms with Crippen LogP contribution in [0.15, 0.2) is 5.38 Å². The maximum atomic E-state index is 11.2. The van der Waals surface area contributed by atoms with E-state index in [0.29, 0.717) is 6.04 Å². The summed E-state index contributed by atoms with van der Waals surface area (Å²) in [6.07, 6.45) is 0.265. The normalized spacial score (nSPS) is 18.6. The molecular weight excluding hydrogens is 250 g/mol. The zero-order valence-electron chi connectivity index (χ0n) is 10.8. The van der Waals surface area contributed by atoms with Gasteiger partial charge in [0.2, 0.25) is 0 Å². The number of aromatic nitrogens is 1. The van der Waals surface area contributed by atoms with Gasteiger partial charge in [-0.2, -0.15) is 0 Å². The van der Waals surface area contributed by atoms with Crippen LogP contribution in [0.1, 0.15) is 23.7 Å². The number of rotatable bonds is 4. The van der Waals surface area contributed by atoms with E-state index in [9.17, 15) is 4.79 Å². The van der Waals surface area contributed by atoms with Crippen LogP contribution < -0.4 is 5.32 Å². The van der Waals surface area contributed by atoms with Crippen LogP contribution in [0.2, 0.25) is 0 Å². The van der Waals surface area contributed by atoms with Gasteiger partial charge in [-0.25, -0.2) is 4.98 Å². The van der Waals surface area contributed by atoms with Crippen molar-refractivity contribution in [2.45, 2.75) is 19.4 Å². The van der Waals surface area contributed by atoms with Gasteiger partial charge in [0, 0.05) is 31.6 Å². The van der Waals surface area contributed by atoms with Crippen molar-refractivity contribution in [3.05, 3.63) is 16.1 Å². The molecular formula is C12H19N3O2S. The van der Waals surface area contributed by atoms with Crippen LogP contribution in [-0.2, 0) is 16.0 Å². The van der Waals surface area contributed by atoms with Crippen LogP contribution in [0, 0.1) is 0 Å². The van der Waals surface area contributed by atoms with Gasteiger partial charge >= 0.3 is 5.97 Å². The lowest BCUT2D eigenvalue weighted by molar-refractivity contribution is -0.139. The van der Waals surface area contributed by atoms with E-state index in [1.807, 2.05) is 5.38 Å². The molecule has 100 valence electrons. The minimum atomic E-state index is -0.235. The van der Waals surface area contributed by atoms with Crippen molar-refractivity contribution in [1.82, 2.24) is 15.2 Å². The number of hydrogen-bond donors (Lipinski definition) is 1. The van der Waals surface area contributed by atoms with Crippen LogP contribution in [0.4, 0.5) is 0 Å². The second-order valence-electron chi connectivity index (χ2n) is 4.39. The van der Waals surface area contributed by atoms with E-state index in [1.165, 1.54) is 7.11 Å². The lowest BCUT2D eigenvalue weighted by Crippen LogP contribution is -2.44. The average molecular weight is 269 g/mol. The number of carbonyl (C=O) groups is 1. The molecule has 5 nitrogen and oxygen atoms in total. The monoisotopic (exact) mass is 269 g/mol. The quantitative estimate of drug-likeness (QED) is 0.820. The molecule has 0 radical (unpaired) electrons. The molecule has 0 saturated carbocycles. The number of thiazole rings is 1. The van der Waals surface area contributed by atoms with Crippen LogP contribution in [0.5, 0.6) is 0 Å². The molecule has 2 heterocycles. The van der Waals surface area contributed by atoms with Gasteiger partial charge in [-0.15, -0.1) is 11.3 Å². The largest absolute Gasteiger partial charge is 0.469 e. The molecule has 0 aromatic carbocycles. The van der Waals surface area contributed by atoms with Crippen molar-refractivity contribution in [3.63, 3.8) is 0 Å². The van der Waals surface area contributed by atoms with E-state index >= 15 is 0 Å². The SMILES string of the molecule is COC(=O)Cc1csc(C(C)N2CCNCC2)n1. The van der Waals surface area contributed by atoms with Crippen molar-refractivity contribution in [2.24, 2.45) is 0 Å². The van der Waals surface area contributed by atoms with Crippen molar-refractivity contribution >= 4 is 17.3 Å². The number of carbonyl (C=O) groups excluding carboxylic acids is 1. The standard InChI is InChI=1S/C12H19N3O2S/c1-9(15-5-3-13-4-6-15)12-14-10(8-18-12)7-11(16)17-2/h8-9,13H,3-7H2,1-2H3. The molecule has 6 heteroatoms. The van der Waals surface area contributed by atoms with Crippen LogP contribution in [-0.4, -0.2) is 49.1 Å². The van der Waals surface area contributed by atoms with Gasteiger partial charge in [-0.1, -0.05) is 0 Å². The van der Waals surface area contributed by atoms with Crippen molar-refractivity contribution in [3.8, 4) is 0 Å². The molecule has 0 amide bonds. The molecule has 1 unspecified atom stereocenters. The van der Waals surface area contributed by atoms with Crippen LogP contribution in [0.3, 0.4) is 0 Å². The lowest BCUT2D eigenvalue weighted by atomic mass is 10.2. The highest BCUT2D eigenvalue weighted by molar-refractivity contribution is 7.09. The molecule has 2 rings (SSSR count). The predicted molar refractivity (Wildman–Crippen MR) is 70.7 cm³/mol. The maximum absolute atomic E-state index is 11.2. The Kier molecular flexibility index (Phi) is 4.68. The summed E-state index contributed by atoms with van der Waals surface area (Å²) in [6.45, 7) is 6.34. The predicted octanol–water partition coefficient (Wildman–Crippen LogP) is 0.825. The molecule has 0 aliphatic carbocycles. The number of nitrogens with zero attached hydrogens (tertiary/aromatic N) is 2. The van der Waals surface area contributed by atoms with Crippen molar-refractivity contribution in [1.29, 1.82) is 0 Å². The first kappa shape index (κ1) is 13.5. The highest BCUT2D eigenvalue weighted by atomic mass is 32.1. The fraction of sp³-hybridized carbons (Fsp3) is 0.667. The first-order valence-electron chi connectivity index (χ1n) is 6.16. The Bertz CT molecular complexity index is 402. The maximum Gasteiger partial charge on any atom is 0.311 e. The van der Waals surface area contributed by atoms with Gasteiger partial charge in [0.25, 0.3) is 0 Å². The van der Waals surface area contributed by atoms with Crippen molar-refractivity contribution in [2.75, 3.05) is 33.3 Å². The van der Waals surface area contributed by atoms with E-state index in [0.717, 1.165) is 36.9 Å². The van der Waals surface area contributed by atoms with E-state index in [-0.39, 0.29) is 12.4 Å². The van der Waals surface area contributed by atoms with E-state index < -0.39 is 0 Å². The Morgan fingerprint density at radius 2 is 2.33 bits per heavy atom. The summed E-state index contributed by atoms with van der Waals surface area (Å²) in [5, 5.41) is 6.37. The van der Waals surface area contributed by atoms with Crippen LogP contribution in [0.25, 0.3) is 0 Å². The number of methoxy groups -OCH3 is 1. The Balaban J connectivity index is 1.97. The van der Waals surface area contributed by atoms with E-state index in [2.05, 4.69) is 26.9 Å². The van der Waals surface area contributed by atoms with Crippen molar-refractivity contribution < 1.29 is 9.53 Å². The molecule has 1 fully saturated rings. The molecule has 1 atom stereocenters. The molecule has 1 aromatic heterocycles. The van der Waals surface area contributed by atoms with Gasteiger partial charge in [0.15, 0.2) is 0 Å². The third-order valence-corrected chi connectivity index (χ3v) is 4.24. The summed E-state index contributed by atoms with van der Waals surface area (Å²) in [5.74, 6) is -0.235. The topological polar surface area (TPSA) is 54.5 Å². The highest BCUT2D eigenvalue weighted by Crippen LogP contribution is 2.24. The van der Waals surface area contributed by atoms with E-state index in [1.54, 1.807) is 11.3 Å². The summed E-state index contributed by atoms with van der Waals surface area (Å²) < 4.78 is 4.65. The summed E-state index contributed by atoms with van der Waals surface area (Å²) in [4.78, 5) is 18.1. The molecule has 1 aromatic rings. The van der Waals surface area contributed by atoms with Gasteiger partial charge < -0.3 is 10.1 Å². The Morgan fingerprint density at radius 3 is 3.00 bits per heavy atom. The van der Waals surface area contributed by atoms with Crippen LogP contribution >= 0.6 is 11.3 Å². The summed E-state index contributed by atoms with van der Waals surface area (Å²) in [5.41, 5.74) is 0.809. The van der Waals surface area contributed by atoms with E-state index in [4.69, 9.17) is 0 Å². The number of piperazine rings is 1. The van der Waals surface area contributed by atoms with Gasteiger partial charge in [-0.3, -0.25) is 9.69 Å². The molecule has 1 aliphatic rings. The summed E-state index contributed by atoms with van der Waals surface area (Å²) in [7, 11) is 1.40. The van der Waals surface area contributed by atoms with Gasteiger partial charge in [-0.05, 0) is 6.92 Å². The smallest absolute Gasteiger partial charge is 0.311 e. The average Bonchev–Trinajstić information content (AvgIpc) is 2.87. The summed E-state index contributed by atoms with van der Waals surface area (Å²) in [6, 6.07) is 0.323.